The quantitative estimate of drug-likeness (QED) is 0.678. The number of methoxy groups -OCH3 is 1. The summed E-state index contributed by atoms with van der Waals surface area (Å²) in [4.78, 5) is 15.8. The van der Waals surface area contributed by atoms with Crippen molar-refractivity contribution < 1.29 is 9.53 Å². The van der Waals surface area contributed by atoms with E-state index in [0.717, 1.165) is 5.69 Å². The van der Waals surface area contributed by atoms with E-state index < -0.39 is 5.97 Å². The molecule has 0 fully saturated rings. The number of hydrogen-bond donors (Lipinski definition) is 2. The molecule has 1 heterocycles. The van der Waals surface area contributed by atoms with E-state index in [4.69, 9.17) is 5.26 Å². The van der Waals surface area contributed by atoms with E-state index in [1.807, 2.05) is 0 Å². The number of carbonyl (C=O) groups is 1. The van der Waals surface area contributed by atoms with Crippen LogP contribution in [0.1, 0.15) is 15.9 Å². The SMILES string of the molecule is COC(=O)c1ccc(Nc2cnnc(Nc3cccc(C#N)c3)n2)cc1. The Morgan fingerprint density at radius 2 is 1.92 bits per heavy atom. The Morgan fingerprint density at radius 1 is 1.12 bits per heavy atom. The molecule has 0 aliphatic heterocycles. The average molecular weight is 346 g/mol. The number of ether oxygens (including phenoxy) is 1. The van der Waals surface area contributed by atoms with Crippen molar-refractivity contribution in [1.29, 1.82) is 5.26 Å². The van der Waals surface area contributed by atoms with E-state index in [-0.39, 0.29) is 5.95 Å². The molecule has 2 aromatic carbocycles. The maximum absolute atomic E-state index is 11.4. The molecule has 3 rings (SSSR count). The summed E-state index contributed by atoms with van der Waals surface area (Å²) < 4.78 is 4.66. The number of nitrogens with zero attached hydrogens (tertiary/aromatic N) is 4. The monoisotopic (exact) mass is 346 g/mol. The Balaban J connectivity index is 1.73. The van der Waals surface area contributed by atoms with Crippen molar-refractivity contribution in [2.45, 2.75) is 0 Å². The van der Waals surface area contributed by atoms with Gasteiger partial charge in [0.25, 0.3) is 0 Å². The minimum absolute atomic E-state index is 0.288. The van der Waals surface area contributed by atoms with Gasteiger partial charge in [0.15, 0.2) is 5.82 Å². The normalized spacial score (nSPS) is 9.85. The molecule has 3 aromatic rings. The van der Waals surface area contributed by atoms with Gasteiger partial charge in [-0.3, -0.25) is 0 Å². The van der Waals surface area contributed by atoms with Gasteiger partial charge in [0.05, 0.1) is 30.5 Å². The summed E-state index contributed by atoms with van der Waals surface area (Å²) in [5, 5.41) is 22.8. The van der Waals surface area contributed by atoms with Crippen molar-refractivity contribution in [2.75, 3.05) is 17.7 Å². The molecular weight excluding hydrogens is 332 g/mol. The molecule has 1 aromatic heterocycles. The van der Waals surface area contributed by atoms with Gasteiger partial charge in [-0.15, -0.1) is 5.10 Å². The Bertz CT molecular complexity index is 966. The molecule has 0 radical (unpaired) electrons. The number of nitriles is 1. The third-order valence-electron chi connectivity index (χ3n) is 3.39. The molecule has 8 nitrogen and oxygen atoms in total. The molecule has 2 N–H and O–H groups in total. The maximum atomic E-state index is 11.4. The van der Waals surface area contributed by atoms with Crippen molar-refractivity contribution in [3.8, 4) is 6.07 Å². The molecular formula is C18H14N6O2. The predicted octanol–water partition coefficient (Wildman–Crippen LogP) is 3.02. The standard InChI is InChI=1S/C18H14N6O2/c1-26-17(25)13-5-7-14(8-6-13)21-16-11-20-24-18(23-16)22-15-4-2-3-12(9-15)10-19/h2-9,11H,1H3,(H2,21,22,23,24). The first-order valence-electron chi connectivity index (χ1n) is 7.60. The van der Waals surface area contributed by atoms with Gasteiger partial charge in [-0.25, -0.2) is 4.79 Å². The van der Waals surface area contributed by atoms with Crippen LogP contribution in [0.15, 0.2) is 54.7 Å². The number of hydrogen-bond acceptors (Lipinski definition) is 8. The van der Waals surface area contributed by atoms with Crippen molar-refractivity contribution in [3.05, 3.63) is 65.9 Å². The maximum Gasteiger partial charge on any atom is 0.337 e. The molecule has 8 heteroatoms. The lowest BCUT2D eigenvalue weighted by Gasteiger charge is -2.08. The summed E-state index contributed by atoms with van der Waals surface area (Å²) >= 11 is 0. The first kappa shape index (κ1) is 16.9. The molecule has 26 heavy (non-hydrogen) atoms. The number of carbonyl (C=O) groups excluding carboxylic acids is 1. The van der Waals surface area contributed by atoms with E-state index in [0.29, 0.717) is 22.6 Å². The molecule has 0 aliphatic carbocycles. The van der Waals surface area contributed by atoms with Crippen molar-refractivity contribution in [1.82, 2.24) is 15.2 Å². The second kappa shape index (κ2) is 7.72. The van der Waals surface area contributed by atoms with Crippen LogP contribution in [-0.4, -0.2) is 28.3 Å². The summed E-state index contributed by atoms with van der Waals surface area (Å²) in [5.74, 6) is 0.368. The molecule has 0 amide bonds. The highest BCUT2D eigenvalue weighted by atomic mass is 16.5. The fourth-order valence-electron chi connectivity index (χ4n) is 2.17. The highest BCUT2D eigenvalue weighted by Crippen LogP contribution is 2.18. The molecule has 0 spiro atoms. The first-order chi connectivity index (χ1) is 12.7. The predicted molar refractivity (Wildman–Crippen MR) is 95.3 cm³/mol. The number of esters is 1. The van der Waals surface area contributed by atoms with Gasteiger partial charge in [0, 0.05) is 11.4 Å². The fraction of sp³-hybridized carbons (Fsp3) is 0.0556. The lowest BCUT2D eigenvalue weighted by molar-refractivity contribution is 0.0601. The molecule has 0 saturated carbocycles. The summed E-state index contributed by atoms with van der Waals surface area (Å²) in [5.41, 5.74) is 2.41. The van der Waals surface area contributed by atoms with Crippen molar-refractivity contribution in [3.63, 3.8) is 0 Å². The second-order valence-corrected chi connectivity index (χ2v) is 5.18. The van der Waals surface area contributed by atoms with Crippen LogP contribution in [0, 0.1) is 11.3 Å². The topological polar surface area (TPSA) is 113 Å². The second-order valence-electron chi connectivity index (χ2n) is 5.18. The molecule has 0 unspecified atom stereocenters. The van der Waals surface area contributed by atoms with E-state index in [2.05, 4.69) is 36.6 Å². The van der Waals surface area contributed by atoms with E-state index in [9.17, 15) is 4.79 Å². The Labute approximate surface area is 149 Å². The average Bonchev–Trinajstić information content (AvgIpc) is 2.68. The minimum atomic E-state index is -0.397. The number of anilines is 4. The minimum Gasteiger partial charge on any atom is -0.465 e. The smallest absolute Gasteiger partial charge is 0.337 e. The zero-order chi connectivity index (χ0) is 18.4. The zero-order valence-corrected chi connectivity index (χ0v) is 13.8. The summed E-state index contributed by atoms with van der Waals surface area (Å²) in [6, 6.07) is 15.8. The first-order valence-corrected chi connectivity index (χ1v) is 7.60. The van der Waals surface area contributed by atoms with Crippen molar-refractivity contribution >= 4 is 29.1 Å². The highest BCUT2D eigenvalue weighted by molar-refractivity contribution is 5.89. The molecule has 0 saturated heterocycles. The van der Waals surface area contributed by atoms with E-state index >= 15 is 0 Å². The largest absolute Gasteiger partial charge is 0.465 e. The Morgan fingerprint density at radius 3 is 2.65 bits per heavy atom. The summed E-state index contributed by atoms with van der Waals surface area (Å²) in [6.07, 6.45) is 1.48. The van der Waals surface area contributed by atoms with Gasteiger partial charge in [0.2, 0.25) is 5.95 Å². The fourth-order valence-corrected chi connectivity index (χ4v) is 2.17. The van der Waals surface area contributed by atoms with E-state index in [1.165, 1.54) is 13.3 Å². The van der Waals surface area contributed by atoms with Crippen LogP contribution in [0.3, 0.4) is 0 Å². The molecule has 128 valence electrons. The summed E-state index contributed by atoms with van der Waals surface area (Å²) in [6.45, 7) is 0. The lowest BCUT2D eigenvalue weighted by atomic mass is 10.2. The summed E-state index contributed by atoms with van der Waals surface area (Å²) in [7, 11) is 1.34. The Hall–Kier alpha value is -3.99. The van der Waals surface area contributed by atoms with Crippen LogP contribution in [0.4, 0.5) is 23.1 Å². The zero-order valence-electron chi connectivity index (χ0n) is 13.8. The van der Waals surface area contributed by atoms with Crippen LogP contribution >= 0.6 is 0 Å². The number of nitrogens with one attached hydrogen (secondary N) is 2. The van der Waals surface area contributed by atoms with Gasteiger partial charge in [-0.1, -0.05) is 6.07 Å². The lowest BCUT2D eigenvalue weighted by Crippen LogP contribution is -2.03. The van der Waals surface area contributed by atoms with E-state index in [1.54, 1.807) is 48.5 Å². The van der Waals surface area contributed by atoms with Crippen molar-refractivity contribution in [2.24, 2.45) is 0 Å². The molecule has 0 aliphatic rings. The number of aromatic nitrogens is 3. The van der Waals surface area contributed by atoms with Crippen LogP contribution < -0.4 is 10.6 Å². The highest BCUT2D eigenvalue weighted by Gasteiger charge is 2.06. The number of benzene rings is 2. The Kier molecular flexibility index (Phi) is 5.00. The van der Waals surface area contributed by atoms with Gasteiger partial charge in [-0.2, -0.15) is 15.3 Å². The third-order valence-corrected chi connectivity index (χ3v) is 3.39. The van der Waals surface area contributed by atoms with Gasteiger partial charge in [-0.05, 0) is 42.5 Å². The third kappa shape index (κ3) is 4.10. The number of rotatable bonds is 5. The van der Waals surface area contributed by atoms with Crippen LogP contribution in [0.5, 0.6) is 0 Å². The van der Waals surface area contributed by atoms with Gasteiger partial charge < -0.3 is 15.4 Å². The molecule has 0 bridgehead atoms. The van der Waals surface area contributed by atoms with Gasteiger partial charge >= 0.3 is 5.97 Å². The van der Waals surface area contributed by atoms with Gasteiger partial charge in [0.1, 0.15) is 0 Å². The molecule has 0 atom stereocenters. The van der Waals surface area contributed by atoms with Crippen LogP contribution in [0.25, 0.3) is 0 Å². The van der Waals surface area contributed by atoms with Crippen LogP contribution in [-0.2, 0) is 4.74 Å². The van der Waals surface area contributed by atoms with Crippen LogP contribution in [0.2, 0.25) is 0 Å².